The van der Waals surface area contributed by atoms with Crippen molar-refractivity contribution in [1.82, 2.24) is 5.32 Å². The third-order valence-electron chi connectivity index (χ3n) is 2.89. The molecule has 0 heterocycles. The largest absolute Gasteiger partial charge is 0.411 e. The molecule has 0 aromatic rings. The number of rotatable bonds is 6. The van der Waals surface area contributed by atoms with E-state index in [1.807, 2.05) is 0 Å². The summed E-state index contributed by atoms with van der Waals surface area (Å²) in [5, 5.41) is 12.4. The number of nitrogens with one attached hydrogen (secondary N) is 1. The van der Waals surface area contributed by atoms with E-state index in [2.05, 4.69) is 10.1 Å². The zero-order valence-electron chi connectivity index (χ0n) is 10.1. The summed E-state index contributed by atoms with van der Waals surface area (Å²) in [6, 6.07) is 0. The molecular weight excluding hydrogens is 251 g/mol. The van der Waals surface area contributed by atoms with Crippen molar-refractivity contribution in [3.63, 3.8) is 0 Å². The molecule has 0 spiro atoms. The quantitative estimate of drug-likeness (QED) is 0.716. The van der Waals surface area contributed by atoms with Gasteiger partial charge in [-0.1, -0.05) is 12.8 Å². The Kier molecular flexibility index (Phi) is 5.40. The number of hydrogen-bond acceptors (Lipinski definition) is 3. The molecule has 7 heteroatoms. The molecule has 1 rings (SSSR count). The molecule has 0 bridgehead atoms. The highest BCUT2D eigenvalue weighted by Gasteiger charge is 2.31. The lowest BCUT2D eigenvalue weighted by molar-refractivity contribution is -0.174. The van der Waals surface area contributed by atoms with Crippen molar-refractivity contribution in [2.45, 2.75) is 43.9 Å². The van der Waals surface area contributed by atoms with E-state index < -0.39 is 24.3 Å². The topological polar surface area (TPSA) is 58.6 Å². The molecule has 1 aliphatic carbocycles. The molecule has 0 aliphatic heterocycles. The summed E-state index contributed by atoms with van der Waals surface area (Å²) in [4.78, 5) is 11.3. The maximum atomic E-state index is 11.7. The van der Waals surface area contributed by atoms with Crippen LogP contribution in [0.25, 0.3) is 0 Å². The Hall–Kier alpha value is -0.820. The van der Waals surface area contributed by atoms with Gasteiger partial charge in [0.2, 0.25) is 5.91 Å². The van der Waals surface area contributed by atoms with Crippen molar-refractivity contribution in [3.8, 4) is 0 Å². The van der Waals surface area contributed by atoms with Gasteiger partial charge < -0.3 is 15.2 Å². The monoisotopic (exact) mass is 269 g/mol. The van der Waals surface area contributed by atoms with Gasteiger partial charge >= 0.3 is 6.18 Å². The summed E-state index contributed by atoms with van der Waals surface area (Å²) < 4.78 is 39.5. The van der Waals surface area contributed by atoms with E-state index in [0.29, 0.717) is 12.8 Å². The van der Waals surface area contributed by atoms with Gasteiger partial charge in [-0.25, -0.2) is 0 Å². The van der Waals surface area contributed by atoms with Crippen LogP contribution in [0.15, 0.2) is 0 Å². The van der Waals surface area contributed by atoms with Gasteiger partial charge in [-0.15, -0.1) is 0 Å². The maximum Gasteiger partial charge on any atom is 0.411 e. The van der Waals surface area contributed by atoms with Gasteiger partial charge in [0.15, 0.2) is 0 Å². The molecule has 0 aromatic heterocycles. The van der Waals surface area contributed by atoms with E-state index in [1.165, 1.54) is 0 Å². The minimum atomic E-state index is -4.37. The minimum Gasteiger partial charge on any atom is -0.388 e. The molecule has 1 amide bonds. The van der Waals surface area contributed by atoms with Crippen molar-refractivity contribution >= 4 is 5.91 Å². The first kappa shape index (κ1) is 15.2. The Balaban J connectivity index is 2.07. The molecule has 106 valence electrons. The first-order valence-electron chi connectivity index (χ1n) is 5.94. The molecule has 2 N–H and O–H groups in total. The highest BCUT2D eigenvalue weighted by molar-refractivity contribution is 5.76. The van der Waals surface area contributed by atoms with E-state index in [1.54, 1.807) is 0 Å². The van der Waals surface area contributed by atoms with Gasteiger partial charge in [-0.05, 0) is 12.8 Å². The third-order valence-corrected chi connectivity index (χ3v) is 2.89. The second-order valence-electron chi connectivity index (χ2n) is 4.63. The van der Waals surface area contributed by atoms with Gasteiger partial charge in [0, 0.05) is 13.0 Å². The molecule has 1 fully saturated rings. The maximum absolute atomic E-state index is 11.7. The molecule has 0 atom stereocenters. The smallest absolute Gasteiger partial charge is 0.388 e. The second-order valence-corrected chi connectivity index (χ2v) is 4.63. The number of amides is 1. The number of aliphatic hydroxyl groups is 1. The summed E-state index contributed by atoms with van der Waals surface area (Å²) >= 11 is 0. The van der Waals surface area contributed by atoms with Gasteiger partial charge in [0.1, 0.15) is 6.61 Å². The van der Waals surface area contributed by atoms with Crippen molar-refractivity contribution in [2.75, 3.05) is 19.8 Å². The van der Waals surface area contributed by atoms with Crippen LogP contribution in [-0.2, 0) is 9.53 Å². The highest BCUT2D eigenvalue weighted by atomic mass is 19.4. The molecule has 0 saturated heterocycles. The SMILES string of the molecule is O=C(CCOCC(F)(F)F)NCC1(O)CCCC1. The number of carbonyl (C=O) groups is 1. The summed E-state index contributed by atoms with van der Waals surface area (Å²) in [5.41, 5.74) is -0.845. The Bertz CT molecular complexity index is 275. The molecule has 1 saturated carbocycles. The lowest BCUT2D eigenvalue weighted by Gasteiger charge is -2.22. The van der Waals surface area contributed by atoms with Gasteiger partial charge in [0.25, 0.3) is 0 Å². The predicted molar refractivity (Wildman–Crippen MR) is 57.9 cm³/mol. The van der Waals surface area contributed by atoms with Crippen LogP contribution in [-0.4, -0.2) is 42.5 Å². The van der Waals surface area contributed by atoms with E-state index in [4.69, 9.17) is 0 Å². The molecule has 18 heavy (non-hydrogen) atoms. The lowest BCUT2D eigenvalue weighted by Crippen LogP contribution is -2.41. The lowest BCUT2D eigenvalue weighted by atomic mass is 10.0. The Morgan fingerprint density at radius 1 is 1.33 bits per heavy atom. The van der Waals surface area contributed by atoms with Crippen molar-refractivity contribution in [1.29, 1.82) is 0 Å². The average molecular weight is 269 g/mol. The molecule has 0 radical (unpaired) electrons. The summed E-state index contributed by atoms with van der Waals surface area (Å²) in [5.74, 6) is -0.405. The van der Waals surface area contributed by atoms with Gasteiger partial charge in [-0.3, -0.25) is 4.79 Å². The van der Waals surface area contributed by atoms with Crippen molar-refractivity contribution in [3.05, 3.63) is 0 Å². The van der Waals surface area contributed by atoms with Gasteiger partial charge in [-0.2, -0.15) is 13.2 Å². The first-order chi connectivity index (χ1) is 8.31. The molecule has 4 nitrogen and oxygen atoms in total. The Morgan fingerprint density at radius 2 is 1.94 bits per heavy atom. The number of hydrogen-bond donors (Lipinski definition) is 2. The fourth-order valence-corrected chi connectivity index (χ4v) is 1.91. The molecule has 1 aliphatic rings. The molecule has 0 unspecified atom stereocenters. The van der Waals surface area contributed by atoms with Crippen molar-refractivity contribution in [2.24, 2.45) is 0 Å². The fourth-order valence-electron chi connectivity index (χ4n) is 1.91. The van der Waals surface area contributed by atoms with Crippen LogP contribution in [0.3, 0.4) is 0 Å². The second kappa shape index (κ2) is 6.38. The minimum absolute atomic E-state index is 0.133. The zero-order valence-corrected chi connectivity index (χ0v) is 10.1. The van der Waals surface area contributed by atoms with Gasteiger partial charge in [0.05, 0.1) is 12.2 Å². The summed E-state index contributed by atoms with van der Waals surface area (Å²) in [7, 11) is 0. The summed E-state index contributed by atoms with van der Waals surface area (Å²) in [6.45, 7) is -1.46. The van der Waals surface area contributed by atoms with Crippen LogP contribution in [0.2, 0.25) is 0 Å². The number of halogens is 3. The van der Waals surface area contributed by atoms with Crippen LogP contribution >= 0.6 is 0 Å². The van der Waals surface area contributed by atoms with E-state index >= 15 is 0 Å². The number of carbonyl (C=O) groups excluding carboxylic acids is 1. The average Bonchev–Trinajstić information content (AvgIpc) is 2.68. The van der Waals surface area contributed by atoms with E-state index in [0.717, 1.165) is 12.8 Å². The molecule has 0 aromatic carbocycles. The summed E-state index contributed by atoms with van der Waals surface area (Å²) in [6.07, 6.45) is -1.33. The van der Waals surface area contributed by atoms with E-state index in [-0.39, 0.29) is 19.6 Å². The first-order valence-corrected chi connectivity index (χ1v) is 5.94. The molecular formula is C11H18F3NO3. The standard InChI is InChI=1S/C11H18F3NO3/c12-11(13,14)8-18-6-3-9(16)15-7-10(17)4-1-2-5-10/h17H,1-8H2,(H,15,16). The Morgan fingerprint density at radius 3 is 2.50 bits per heavy atom. The van der Waals surface area contributed by atoms with E-state index in [9.17, 15) is 23.1 Å². The van der Waals surface area contributed by atoms with Crippen LogP contribution < -0.4 is 5.32 Å². The number of alkyl halides is 3. The third kappa shape index (κ3) is 6.20. The van der Waals surface area contributed by atoms with Crippen LogP contribution in [0.5, 0.6) is 0 Å². The zero-order chi connectivity index (χ0) is 13.6. The van der Waals surface area contributed by atoms with Crippen molar-refractivity contribution < 1.29 is 27.8 Å². The number of ether oxygens (including phenoxy) is 1. The normalized spacial score (nSPS) is 18.9. The van der Waals surface area contributed by atoms with Crippen LogP contribution in [0.4, 0.5) is 13.2 Å². The highest BCUT2D eigenvalue weighted by Crippen LogP contribution is 2.28. The predicted octanol–water partition coefficient (Wildman–Crippen LogP) is 1.38. The Labute approximate surface area is 103 Å². The van der Waals surface area contributed by atoms with Crippen LogP contribution in [0.1, 0.15) is 32.1 Å². The fraction of sp³-hybridized carbons (Fsp3) is 0.909. The van der Waals surface area contributed by atoms with Crippen LogP contribution in [0, 0.1) is 0 Å².